The second-order valence-electron chi connectivity index (χ2n) is 7.17. The standard InChI is InChI=1S/C17H36N2/c1-7-13(4)19(9-3)16-12-14(10-11-15(16)18)17(5,6)8-2/h13-16H,7-12,18H2,1-6H3. The first-order valence-electron chi connectivity index (χ1n) is 8.38. The van der Waals surface area contributed by atoms with Crippen molar-refractivity contribution in [3.05, 3.63) is 0 Å². The summed E-state index contributed by atoms with van der Waals surface area (Å²) < 4.78 is 0. The summed E-state index contributed by atoms with van der Waals surface area (Å²) in [7, 11) is 0. The molecular formula is C17H36N2. The molecular weight excluding hydrogens is 232 g/mol. The van der Waals surface area contributed by atoms with Gasteiger partial charge in [-0.1, -0.05) is 41.0 Å². The summed E-state index contributed by atoms with van der Waals surface area (Å²) in [5, 5.41) is 0. The summed E-state index contributed by atoms with van der Waals surface area (Å²) in [5.74, 6) is 0.834. The van der Waals surface area contributed by atoms with Crippen molar-refractivity contribution in [2.75, 3.05) is 6.54 Å². The highest BCUT2D eigenvalue weighted by Crippen LogP contribution is 2.41. The van der Waals surface area contributed by atoms with Gasteiger partial charge in [0, 0.05) is 18.1 Å². The van der Waals surface area contributed by atoms with Crippen LogP contribution in [0.1, 0.15) is 73.6 Å². The van der Waals surface area contributed by atoms with Gasteiger partial charge in [-0.25, -0.2) is 0 Å². The monoisotopic (exact) mass is 268 g/mol. The molecule has 1 saturated carbocycles. The minimum atomic E-state index is 0.373. The molecule has 0 radical (unpaired) electrons. The van der Waals surface area contributed by atoms with Crippen LogP contribution < -0.4 is 5.73 Å². The Kier molecular flexibility index (Phi) is 6.32. The smallest absolute Gasteiger partial charge is 0.0252 e. The molecule has 19 heavy (non-hydrogen) atoms. The van der Waals surface area contributed by atoms with Crippen molar-refractivity contribution in [1.29, 1.82) is 0 Å². The lowest BCUT2D eigenvalue weighted by Gasteiger charge is -2.47. The second kappa shape index (κ2) is 7.08. The summed E-state index contributed by atoms with van der Waals surface area (Å²) >= 11 is 0. The van der Waals surface area contributed by atoms with E-state index in [2.05, 4.69) is 46.4 Å². The average Bonchev–Trinajstić information content (AvgIpc) is 2.41. The molecule has 2 heteroatoms. The van der Waals surface area contributed by atoms with Gasteiger partial charge in [-0.3, -0.25) is 4.90 Å². The van der Waals surface area contributed by atoms with Gasteiger partial charge in [0.05, 0.1) is 0 Å². The third-order valence-electron chi connectivity index (χ3n) is 5.83. The van der Waals surface area contributed by atoms with E-state index >= 15 is 0 Å². The summed E-state index contributed by atoms with van der Waals surface area (Å²) in [6.07, 6.45) is 6.30. The maximum Gasteiger partial charge on any atom is 0.0252 e. The van der Waals surface area contributed by atoms with Crippen molar-refractivity contribution in [1.82, 2.24) is 4.90 Å². The Morgan fingerprint density at radius 1 is 1.21 bits per heavy atom. The molecule has 0 amide bonds. The number of hydrogen-bond acceptors (Lipinski definition) is 2. The van der Waals surface area contributed by atoms with Crippen LogP contribution in [-0.2, 0) is 0 Å². The number of hydrogen-bond donors (Lipinski definition) is 1. The number of rotatable bonds is 6. The van der Waals surface area contributed by atoms with Crippen molar-refractivity contribution >= 4 is 0 Å². The van der Waals surface area contributed by atoms with Crippen molar-refractivity contribution < 1.29 is 0 Å². The van der Waals surface area contributed by atoms with Crippen molar-refractivity contribution in [2.24, 2.45) is 17.1 Å². The highest BCUT2D eigenvalue weighted by atomic mass is 15.2. The zero-order valence-electron chi connectivity index (χ0n) is 14.1. The van der Waals surface area contributed by atoms with Gasteiger partial charge < -0.3 is 5.73 Å². The lowest BCUT2D eigenvalue weighted by atomic mass is 9.67. The molecule has 1 aliphatic carbocycles. The second-order valence-corrected chi connectivity index (χ2v) is 7.17. The maximum atomic E-state index is 6.45. The molecule has 4 atom stereocenters. The fraction of sp³-hybridized carbons (Fsp3) is 1.00. The van der Waals surface area contributed by atoms with E-state index in [0.29, 0.717) is 23.5 Å². The van der Waals surface area contributed by atoms with Gasteiger partial charge in [0.1, 0.15) is 0 Å². The molecule has 1 fully saturated rings. The number of nitrogens with two attached hydrogens (primary N) is 1. The van der Waals surface area contributed by atoms with Crippen LogP contribution in [0.5, 0.6) is 0 Å². The first-order valence-corrected chi connectivity index (χ1v) is 8.38. The Hall–Kier alpha value is -0.0800. The first-order chi connectivity index (χ1) is 8.87. The van der Waals surface area contributed by atoms with E-state index < -0.39 is 0 Å². The number of likely N-dealkylation sites (N-methyl/N-ethyl adjacent to an activating group) is 1. The Bertz CT molecular complexity index is 262. The zero-order chi connectivity index (χ0) is 14.6. The molecule has 4 unspecified atom stereocenters. The van der Waals surface area contributed by atoms with Gasteiger partial charge in [-0.2, -0.15) is 0 Å². The highest BCUT2D eigenvalue weighted by Gasteiger charge is 2.38. The molecule has 0 heterocycles. The summed E-state index contributed by atoms with van der Waals surface area (Å²) in [4.78, 5) is 2.66. The van der Waals surface area contributed by atoms with E-state index in [1.807, 2.05) is 0 Å². The van der Waals surface area contributed by atoms with Crippen LogP contribution in [-0.4, -0.2) is 29.6 Å². The number of nitrogens with zero attached hydrogens (tertiary/aromatic N) is 1. The van der Waals surface area contributed by atoms with Gasteiger partial charge in [-0.05, 0) is 50.5 Å². The maximum absolute atomic E-state index is 6.45. The van der Waals surface area contributed by atoms with Gasteiger partial charge in [-0.15, -0.1) is 0 Å². The molecule has 0 aromatic carbocycles. The minimum Gasteiger partial charge on any atom is -0.326 e. The van der Waals surface area contributed by atoms with E-state index in [9.17, 15) is 0 Å². The summed E-state index contributed by atoms with van der Waals surface area (Å²) in [5.41, 5.74) is 6.92. The van der Waals surface area contributed by atoms with E-state index in [-0.39, 0.29) is 0 Å². The molecule has 114 valence electrons. The van der Waals surface area contributed by atoms with Crippen LogP contribution in [0.3, 0.4) is 0 Å². The van der Waals surface area contributed by atoms with E-state index in [1.165, 1.54) is 32.1 Å². The van der Waals surface area contributed by atoms with Gasteiger partial charge in [0.15, 0.2) is 0 Å². The highest BCUT2D eigenvalue weighted by molar-refractivity contribution is 4.94. The van der Waals surface area contributed by atoms with E-state index in [0.717, 1.165) is 12.5 Å². The van der Waals surface area contributed by atoms with Gasteiger partial charge in [0.25, 0.3) is 0 Å². The predicted octanol–water partition coefficient (Wildman–Crippen LogP) is 4.04. The normalized spacial score (nSPS) is 30.6. The Labute approximate surface area is 121 Å². The van der Waals surface area contributed by atoms with Gasteiger partial charge >= 0.3 is 0 Å². The van der Waals surface area contributed by atoms with Crippen LogP contribution in [0.4, 0.5) is 0 Å². The largest absolute Gasteiger partial charge is 0.326 e. The third kappa shape index (κ3) is 3.95. The van der Waals surface area contributed by atoms with Crippen molar-refractivity contribution in [3.63, 3.8) is 0 Å². The van der Waals surface area contributed by atoms with Gasteiger partial charge in [0.2, 0.25) is 0 Å². The SMILES string of the molecule is CCC(C)N(CC)C1CC(C(C)(C)CC)CCC1N. The van der Waals surface area contributed by atoms with E-state index in [1.54, 1.807) is 0 Å². The van der Waals surface area contributed by atoms with Crippen LogP contribution in [0.15, 0.2) is 0 Å². The predicted molar refractivity (Wildman–Crippen MR) is 85.3 cm³/mol. The molecule has 0 aromatic heterocycles. The summed E-state index contributed by atoms with van der Waals surface area (Å²) in [6, 6.07) is 1.62. The molecule has 0 bridgehead atoms. The fourth-order valence-corrected chi connectivity index (χ4v) is 3.66. The molecule has 1 aliphatic rings. The zero-order valence-corrected chi connectivity index (χ0v) is 14.1. The summed E-state index contributed by atoms with van der Waals surface area (Å²) in [6.45, 7) is 15.3. The van der Waals surface area contributed by atoms with E-state index in [4.69, 9.17) is 5.73 Å². The Morgan fingerprint density at radius 3 is 2.32 bits per heavy atom. The van der Waals surface area contributed by atoms with Crippen LogP contribution in [0.2, 0.25) is 0 Å². The fourth-order valence-electron chi connectivity index (χ4n) is 3.66. The molecule has 2 nitrogen and oxygen atoms in total. The first kappa shape index (κ1) is 17.0. The molecule has 0 aromatic rings. The molecule has 0 spiro atoms. The van der Waals surface area contributed by atoms with Crippen LogP contribution in [0.25, 0.3) is 0 Å². The third-order valence-corrected chi connectivity index (χ3v) is 5.83. The molecule has 0 saturated heterocycles. The van der Waals surface area contributed by atoms with Crippen LogP contribution >= 0.6 is 0 Å². The van der Waals surface area contributed by atoms with Crippen LogP contribution in [0, 0.1) is 11.3 Å². The van der Waals surface area contributed by atoms with Crippen molar-refractivity contribution in [3.8, 4) is 0 Å². The topological polar surface area (TPSA) is 29.3 Å². The molecule has 2 N–H and O–H groups in total. The quantitative estimate of drug-likeness (QED) is 0.788. The molecule has 0 aliphatic heterocycles. The Morgan fingerprint density at radius 2 is 1.84 bits per heavy atom. The van der Waals surface area contributed by atoms with Crippen molar-refractivity contribution in [2.45, 2.75) is 91.8 Å². The minimum absolute atomic E-state index is 0.373. The Balaban J connectivity index is 2.80. The average molecular weight is 268 g/mol. The lowest BCUT2D eigenvalue weighted by molar-refractivity contribution is 0.0420. The molecule has 1 rings (SSSR count). The lowest BCUT2D eigenvalue weighted by Crippen LogP contribution is -2.55.